The third-order valence-electron chi connectivity index (χ3n) is 4.27. The van der Waals surface area contributed by atoms with Crippen molar-refractivity contribution in [2.75, 3.05) is 18.8 Å². The van der Waals surface area contributed by atoms with E-state index in [0.717, 1.165) is 51.7 Å². The van der Waals surface area contributed by atoms with E-state index in [1.807, 2.05) is 16.3 Å². The van der Waals surface area contributed by atoms with Gasteiger partial charge in [0, 0.05) is 13.1 Å². The van der Waals surface area contributed by atoms with E-state index in [1.165, 1.54) is 36.1 Å². The molecule has 0 saturated carbocycles. The minimum absolute atomic E-state index is 0.210. The van der Waals surface area contributed by atoms with E-state index in [9.17, 15) is 4.79 Å². The Morgan fingerprint density at radius 2 is 2.04 bits per heavy atom. The third kappa shape index (κ3) is 3.70. The molecule has 0 atom stereocenters. The highest BCUT2D eigenvalue weighted by molar-refractivity contribution is 8.00. The Morgan fingerprint density at radius 3 is 2.80 bits per heavy atom. The van der Waals surface area contributed by atoms with Gasteiger partial charge in [-0.15, -0.1) is 11.3 Å². The fourth-order valence-corrected chi connectivity index (χ4v) is 5.55. The van der Waals surface area contributed by atoms with Gasteiger partial charge in [0.05, 0.1) is 10.6 Å². The van der Waals surface area contributed by atoms with Crippen LogP contribution in [0.2, 0.25) is 0 Å². The van der Waals surface area contributed by atoms with E-state index in [1.54, 1.807) is 17.7 Å². The molecule has 1 saturated heterocycles. The summed E-state index contributed by atoms with van der Waals surface area (Å²) < 4.78 is 5.54. The van der Waals surface area contributed by atoms with Gasteiger partial charge >= 0.3 is 0 Å². The van der Waals surface area contributed by atoms with Crippen LogP contribution in [0.1, 0.15) is 25.7 Å². The van der Waals surface area contributed by atoms with E-state index < -0.39 is 0 Å². The van der Waals surface area contributed by atoms with Crippen LogP contribution in [0.25, 0.3) is 20.8 Å². The molecule has 3 aromatic rings. The molecule has 0 unspecified atom stereocenters. The number of aromatic nitrogens is 3. The second kappa shape index (κ2) is 7.80. The summed E-state index contributed by atoms with van der Waals surface area (Å²) in [4.78, 5) is 24.4. The lowest BCUT2D eigenvalue weighted by atomic mass is 10.2. The standard InChI is InChI=1S/C17H18N4OS3/c22-13(21-7-3-1-2-4-8-21)10-24-17-16-15(18-11-19-17)14(20-25-16)12-6-5-9-23-12/h5-6,9,11H,1-4,7-8,10H2. The second-order valence-corrected chi connectivity index (χ2v) is 8.63. The van der Waals surface area contributed by atoms with Crippen molar-refractivity contribution in [2.45, 2.75) is 30.7 Å². The molecule has 8 heteroatoms. The van der Waals surface area contributed by atoms with Gasteiger partial charge in [0.1, 0.15) is 27.3 Å². The Morgan fingerprint density at radius 1 is 1.20 bits per heavy atom. The van der Waals surface area contributed by atoms with E-state index in [0.29, 0.717) is 5.75 Å². The van der Waals surface area contributed by atoms with Crippen molar-refractivity contribution in [2.24, 2.45) is 0 Å². The number of thiophene rings is 1. The van der Waals surface area contributed by atoms with E-state index in [2.05, 4.69) is 20.4 Å². The Bertz CT molecular complexity index is 854. The first-order valence-electron chi connectivity index (χ1n) is 8.38. The monoisotopic (exact) mass is 390 g/mol. The minimum Gasteiger partial charge on any atom is -0.342 e. The Balaban J connectivity index is 1.51. The summed E-state index contributed by atoms with van der Waals surface area (Å²) in [5.41, 5.74) is 1.80. The van der Waals surface area contributed by atoms with Crippen molar-refractivity contribution in [3.63, 3.8) is 0 Å². The first-order chi connectivity index (χ1) is 12.3. The molecule has 4 rings (SSSR count). The minimum atomic E-state index is 0.210. The number of thioether (sulfide) groups is 1. The van der Waals surface area contributed by atoms with Crippen LogP contribution >= 0.6 is 34.6 Å². The number of carbonyl (C=O) groups is 1. The molecule has 5 nitrogen and oxygen atoms in total. The molecular formula is C17H18N4OS3. The van der Waals surface area contributed by atoms with Gasteiger partial charge in [-0.05, 0) is 35.8 Å². The number of likely N-dealkylation sites (tertiary alicyclic amines) is 1. The maximum Gasteiger partial charge on any atom is 0.232 e. The lowest BCUT2D eigenvalue weighted by Gasteiger charge is -2.19. The summed E-state index contributed by atoms with van der Waals surface area (Å²) in [6.45, 7) is 1.78. The fourth-order valence-electron chi connectivity index (χ4n) is 2.96. The maximum absolute atomic E-state index is 12.5. The van der Waals surface area contributed by atoms with Crippen LogP contribution in [-0.4, -0.2) is 44.0 Å². The number of carbonyl (C=O) groups excluding carboxylic acids is 1. The summed E-state index contributed by atoms with van der Waals surface area (Å²) in [5.74, 6) is 0.639. The predicted molar refractivity (Wildman–Crippen MR) is 104 cm³/mol. The predicted octanol–water partition coefficient (Wildman–Crippen LogP) is 4.31. The fraction of sp³-hybridized carbons (Fsp3) is 0.412. The van der Waals surface area contributed by atoms with Gasteiger partial charge in [-0.3, -0.25) is 4.79 Å². The van der Waals surface area contributed by atoms with Crippen LogP contribution in [-0.2, 0) is 4.79 Å². The van der Waals surface area contributed by atoms with Crippen LogP contribution in [0.3, 0.4) is 0 Å². The number of rotatable bonds is 4. The van der Waals surface area contributed by atoms with Gasteiger partial charge in [0.2, 0.25) is 5.91 Å². The summed E-state index contributed by atoms with van der Waals surface area (Å²) in [5, 5.41) is 2.89. The van der Waals surface area contributed by atoms with Crippen LogP contribution in [0, 0.1) is 0 Å². The molecule has 3 aromatic heterocycles. The Hall–Kier alpha value is -1.51. The van der Waals surface area contributed by atoms with E-state index in [4.69, 9.17) is 0 Å². The molecule has 1 aliphatic rings. The molecule has 0 bridgehead atoms. The van der Waals surface area contributed by atoms with E-state index >= 15 is 0 Å². The van der Waals surface area contributed by atoms with Crippen molar-refractivity contribution in [1.82, 2.24) is 19.2 Å². The number of fused-ring (bicyclic) bond motifs is 1. The first kappa shape index (κ1) is 16.9. The van der Waals surface area contributed by atoms with Gasteiger partial charge in [0.25, 0.3) is 0 Å². The highest BCUT2D eigenvalue weighted by Crippen LogP contribution is 2.36. The number of nitrogens with zero attached hydrogens (tertiary/aromatic N) is 4. The van der Waals surface area contributed by atoms with Crippen LogP contribution in [0.4, 0.5) is 0 Å². The zero-order valence-corrected chi connectivity index (χ0v) is 16.1. The van der Waals surface area contributed by atoms with Crippen molar-refractivity contribution in [3.8, 4) is 10.6 Å². The Labute approximate surface area is 158 Å². The average molecular weight is 391 g/mol. The molecule has 0 aromatic carbocycles. The van der Waals surface area contributed by atoms with Crippen molar-refractivity contribution in [3.05, 3.63) is 23.8 Å². The van der Waals surface area contributed by atoms with Crippen molar-refractivity contribution < 1.29 is 4.79 Å². The number of amides is 1. The molecule has 130 valence electrons. The molecule has 0 spiro atoms. The molecule has 0 N–H and O–H groups in total. The van der Waals surface area contributed by atoms with Gasteiger partial charge in [-0.2, -0.15) is 4.37 Å². The lowest BCUT2D eigenvalue weighted by molar-refractivity contribution is -0.128. The lowest BCUT2D eigenvalue weighted by Crippen LogP contribution is -2.33. The molecule has 0 radical (unpaired) electrons. The maximum atomic E-state index is 12.5. The zero-order valence-electron chi connectivity index (χ0n) is 13.7. The van der Waals surface area contributed by atoms with Gasteiger partial charge in [-0.25, -0.2) is 9.97 Å². The quantitative estimate of drug-likeness (QED) is 0.491. The number of hydrogen-bond acceptors (Lipinski definition) is 7. The van der Waals surface area contributed by atoms with Crippen LogP contribution in [0.5, 0.6) is 0 Å². The molecule has 1 amide bonds. The molecule has 4 heterocycles. The smallest absolute Gasteiger partial charge is 0.232 e. The molecule has 1 aliphatic heterocycles. The van der Waals surface area contributed by atoms with Crippen molar-refractivity contribution in [1.29, 1.82) is 0 Å². The zero-order chi connectivity index (χ0) is 17.1. The first-order valence-corrected chi connectivity index (χ1v) is 11.0. The second-order valence-electron chi connectivity index (χ2n) is 5.95. The van der Waals surface area contributed by atoms with Gasteiger partial charge in [-0.1, -0.05) is 30.7 Å². The molecule has 0 aliphatic carbocycles. The topological polar surface area (TPSA) is 59.0 Å². The van der Waals surface area contributed by atoms with Crippen molar-refractivity contribution >= 4 is 50.8 Å². The highest BCUT2D eigenvalue weighted by atomic mass is 32.2. The molecule has 1 fully saturated rings. The van der Waals surface area contributed by atoms with Crippen LogP contribution < -0.4 is 0 Å². The summed E-state index contributed by atoms with van der Waals surface area (Å²) in [6.07, 6.45) is 6.28. The van der Waals surface area contributed by atoms with E-state index in [-0.39, 0.29) is 5.91 Å². The number of hydrogen-bond donors (Lipinski definition) is 0. The summed E-state index contributed by atoms with van der Waals surface area (Å²) >= 11 is 4.57. The van der Waals surface area contributed by atoms with Gasteiger partial charge in [0.15, 0.2) is 0 Å². The largest absolute Gasteiger partial charge is 0.342 e. The molecular weight excluding hydrogens is 372 g/mol. The average Bonchev–Trinajstić information content (AvgIpc) is 3.22. The van der Waals surface area contributed by atoms with Crippen LogP contribution in [0.15, 0.2) is 28.9 Å². The normalized spacial score (nSPS) is 15.4. The molecule has 25 heavy (non-hydrogen) atoms. The SMILES string of the molecule is O=C(CSc1ncnc2c(-c3cccs3)nsc12)N1CCCCCC1. The summed E-state index contributed by atoms with van der Waals surface area (Å²) in [6, 6.07) is 4.07. The highest BCUT2D eigenvalue weighted by Gasteiger charge is 2.19. The summed E-state index contributed by atoms with van der Waals surface area (Å²) in [7, 11) is 0. The van der Waals surface area contributed by atoms with Gasteiger partial charge < -0.3 is 4.90 Å². The Kier molecular flexibility index (Phi) is 5.28. The third-order valence-corrected chi connectivity index (χ3v) is 7.09.